The molecule has 0 amide bonds. The molecule has 2 nitrogen and oxygen atoms in total. The van der Waals surface area contributed by atoms with Crippen LogP contribution in [-0.2, 0) is 4.74 Å². The summed E-state index contributed by atoms with van der Waals surface area (Å²) in [6, 6.07) is 2.36. The molecule has 3 aliphatic rings. The lowest BCUT2D eigenvalue weighted by atomic mass is 9.59. The molecule has 2 heteroatoms. The van der Waals surface area contributed by atoms with Crippen LogP contribution in [-0.4, -0.2) is 0 Å². The van der Waals surface area contributed by atoms with Gasteiger partial charge in [-0.2, -0.15) is 5.26 Å². The van der Waals surface area contributed by atoms with E-state index in [1.807, 2.05) is 30.4 Å². The van der Waals surface area contributed by atoms with Gasteiger partial charge in [-0.05, 0) is 6.08 Å². The minimum atomic E-state index is -0.433. The van der Waals surface area contributed by atoms with E-state index >= 15 is 0 Å². The number of hydrogen-bond donors (Lipinski definition) is 0. The highest BCUT2D eigenvalue weighted by molar-refractivity contribution is 5.58. The highest BCUT2D eigenvalue weighted by Gasteiger charge is 2.54. The molecule has 0 aromatic heterocycles. The topological polar surface area (TPSA) is 33.0 Å². The summed E-state index contributed by atoms with van der Waals surface area (Å²) in [7, 11) is 0. The number of ether oxygens (including phenoxy) is 1. The Morgan fingerprint density at radius 2 is 2.38 bits per heavy atom. The summed E-state index contributed by atoms with van der Waals surface area (Å²) in [5, 5.41) is 9.16. The molecule has 0 saturated carbocycles. The second-order valence-corrected chi connectivity index (χ2v) is 3.40. The maximum absolute atomic E-state index is 9.16. The molecule has 0 saturated heterocycles. The fourth-order valence-corrected chi connectivity index (χ4v) is 2.17. The van der Waals surface area contributed by atoms with Gasteiger partial charge in [-0.25, -0.2) is 0 Å². The molecule has 0 spiro atoms. The molecular formula is C11H7NO. The monoisotopic (exact) mass is 169 g/mol. The van der Waals surface area contributed by atoms with Crippen LogP contribution in [0.1, 0.15) is 0 Å². The van der Waals surface area contributed by atoms with Gasteiger partial charge in [0.2, 0.25) is 0 Å². The van der Waals surface area contributed by atoms with E-state index in [0.717, 1.165) is 11.3 Å². The van der Waals surface area contributed by atoms with Gasteiger partial charge < -0.3 is 4.74 Å². The zero-order chi connectivity index (χ0) is 8.89. The fourth-order valence-electron chi connectivity index (χ4n) is 2.17. The van der Waals surface area contributed by atoms with Crippen molar-refractivity contribution in [3.63, 3.8) is 0 Å². The van der Waals surface area contributed by atoms with E-state index in [2.05, 4.69) is 6.07 Å². The van der Waals surface area contributed by atoms with Gasteiger partial charge in [0.1, 0.15) is 11.2 Å². The van der Waals surface area contributed by atoms with Crippen molar-refractivity contribution in [3.8, 4) is 6.07 Å². The van der Waals surface area contributed by atoms with Crippen LogP contribution in [0.2, 0.25) is 0 Å². The minimum absolute atomic E-state index is 0.147. The molecule has 1 heterocycles. The van der Waals surface area contributed by atoms with E-state index in [0.29, 0.717) is 0 Å². The van der Waals surface area contributed by atoms with E-state index in [1.54, 1.807) is 6.26 Å². The molecule has 0 fully saturated rings. The molecule has 0 bridgehead atoms. The number of nitrogens with zero attached hydrogens (tertiary/aromatic N) is 1. The number of fused-ring (bicyclic) bond motifs is 3. The average Bonchev–Trinajstić information content (AvgIpc) is 2.59. The third-order valence-electron chi connectivity index (χ3n) is 2.87. The highest BCUT2D eigenvalue weighted by Crippen LogP contribution is 2.57. The number of allylic oxidation sites excluding steroid dienone is 6. The van der Waals surface area contributed by atoms with Gasteiger partial charge in [-0.15, -0.1) is 0 Å². The first-order chi connectivity index (χ1) is 6.38. The minimum Gasteiger partial charge on any atom is -0.469 e. The first kappa shape index (κ1) is 6.73. The lowest BCUT2D eigenvalue weighted by Gasteiger charge is -2.41. The number of hydrogen-bond acceptors (Lipinski definition) is 2. The largest absolute Gasteiger partial charge is 0.469 e. The fraction of sp³-hybridized carbons (Fsp3) is 0.182. The Labute approximate surface area is 76.1 Å². The van der Waals surface area contributed by atoms with Crippen molar-refractivity contribution in [2.75, 3.05) is 0 Å². The lowest BCUT2D eigenvalue weighted by molar-refractivity contribution is 0.252. The lowest BCUT2D eigenvalue weighted by Crippen LogP contribution is -2.39. The van der Waals surface area contributed by atoms with Gasteiger partial charge in [0.05, 0.1) is 18.2 Å². The van der Waals surface area contributed by atoms with Gasteiger partial charge in [0.25, 0.3) is 0 Å². The summed E-state index contributed by atoms with van der Waals surface area (Å²) < 4.78 is 5.31. The Morgan fingerprint density at radius 3 is 3.23 bits per heavy atom. The normalized spacial score (nSPS) is 37.6. The molecule has 0 radical (unpaired) electrons. The molecule has 2 aliphatic carbocycles. The van der Waals surface area contributed by atoms with Gasteiger partial charge >= 0.3 is 0 Å². The van der Waals surface area contributed by atoms with Crippen LogP contribution in [0.3, 0.4) is 0 Å². The zero-order valence-electron chi connectivity index (χ0n) is 6.90. The number of nitriles is 1. The Kier molecular flexibility index (Phi) is 1.01. The molecule has 0 aromatic carbocycles. The Bertz CT molecular complexity index is 433. The molecule has 2 unspecified atom stereocenters. The van der Waals surface area contributed by atoms with Gasteiger partial charge in [-0.3, -0.25) is 0 Å². The van der Waals surface area contributed by atoms with E-state index < -0.39 is 5.41 Å². The van der Waals surface area contributed by atoms with Gasteiger partial charge in [0.15, 0.2) is 0 Å². The van der Waals surface area contributed by atoms with Crippen LogP contribution < -0.4 is 0 Å². The molecule has 1 aliphatic heterocycles. The van der Waals surface area contributed by atoms with Crippen molar-refractivity contribution in [2.24, 2.45) is 11.3 Å². The summed E-state index contributed by atoms with van der Waals surface area (Å²) >= 11 is 0. The van der Waals surface area contributed by atoms with Crippen molar-refractivity contribution >= 4 is 0 Å². The molecule has 3 rings (SSSR count). The molecular weight excluding hydrogens is 162 g/mol. The first-order valence-corrected chi connectivity index (χ1v) is 4.23. The van der Waals surface area contributed by atoms with E-state index in [-0.39, 0.29) is 5.92 Å². The van der Waals surface area contributed by atoms with Crippen molar-refractivity contribution in [2.45, 2.75) is 0 Å². The summed E-state index contributed by atoms with van der Waals surface area (Å²) in [6.07, 6.45) is 11.4. The highest BCUT2D eigenvalue weighted by atomic mass is 16.5. The maximum atomic E-state index is 9.16. The quantitative estimate of drug-likeness (QED) is 0.556. The van der Waals surface area contributed by atoms with Gasteiger partial charge in [0, 0.05) is 5.57 Å². The molecule has 13 heavy (non-hydrogen) atoms. The maximum Gasteiger partial charge on any atom is 0.118 e. The van der Waals surface area contributed by atoms with Crippen LogP contribution in [0.4, 0.5) is 0 Å². The van der Waals surface area contributed by atoms with Crippen LogP contribution in [0.5, 0.6) is 0 Å². The van der Waals surface area contributed by atoms with Crippen LogP contribution in [0, 0.1) is 22.7 Å². The predicted octanol–water partition coefficient (Wildman–Crippen LogP) is 2.05. The summed E-state index contributed by atoms with van der Waals surface area (Å²) in [5.74, 6) is 1.09. The smallest absolute Gasteiger partial charge is 0.118 e. The van der Waals surface area contributed by atoms with E-state index in [9.17, 15) is 0 Å². The van der Waals surface area contributed by atoms with Crippen LogP contribution in [0.15, 0.2) is 48.0 Å². The first-order valence-electron chi connectivity index (χ1n) is 4.23. The number of rotatable bonds is 0. The third kappa shape index (κ3) is 0.561. The summed E-state index contributed by atoms with van der Waals surface area (Å²) in [4.78, 5) is 0. The summed E-state index contributed by atoms with van der Waals surface area (Å²) in [5.41, 5.74) is 0.587. The zero-order valence-corrected chi connectivity index (χ0v) is 6.90. The van der Waals surface area contributed by atoms with E-state index in [4.69, 9.17) is 10.00 Å². The molecule has 0 N–H and O–H groups in total. The molecule has 62 valence electrons. The standard InChI is InChI=1S/C11H7NO/c12-7-11-5-2-1-3-8(11)10-9(11)4-6-13-10/h1-6,9H. The molecule has 2 atom stereocenters. The average molecular weight is 169 g/mol. The SMILES string of the molecule is N#CC12C=CC=CC1=C1OC=CC12. The Hall–Kier alpha value is -1.75. The van der Waals surface area contributed by atoms with Crippen molar-refractivity contribution in [1.29, 1.82) is 5.26 Å². The predicted molar refractivity (Wildman–Crippen MR) is 47.1 cm³/mol. The van der Waals surface area contributed by atoms with Crippen molar-refractivity contribution < 1.29 is 4.74 Å². The van der Waals surface area contributed by atoms with Gasteiger partial charge in [-0.1, -0.05) is 24.3 Å². The second-order valence-electron chi connectivity index (χ2n) is 3.40. The van der Waals surface area contributed by atoms with Crippen molar-refractivity contribution in [3.05, 3.63) is 48.0 Å². The van der Waals surface area contributed by atoms with Crippen LogP contribution in [0.25, 0.3) is 0 Å². The van der Waals surface area contributed by atoms with E-state index in [1.165, 1.54) is 0 Å². The molecule has 0 aromatic rings. The third-order valence-corrected chi connectivity index (χ3v) is 2.87. The van der Waals surface area contributed by atoms with Crippen LogP contribution >= 0.6 is 0 Å². The summed E-state index contributed by atoms with van der Waals surface area (Å²) in [6.45, 7) is 0. The Balaban J connectivity index is 2.23. The Morgan fingerprint density at radius 1 is 1.46 bits per heavy atom. The van der Waals surface area contributed by atoms with Crippen molar-refractivity contribution in [1.82, 2.24) is 0 Å². The second kappa shape index (κ2) is 1.94.